The number of hydrogen-bond donors (Lipinski definition) is 0. The smallest absolute Gasteiger partial charge is 0.267 e. The molecule has 0 aliphatic carbocycles. The van der Waals surface area contributed by atoms with E-state index >= 15 is 0 Å². The Kier molecular flexibility index (Phi) is 5.12. The molecule has 148 valence electrons. The van der Waals surface area contributed by atoms with Gasteiger partial charge < -0.3 is 4.42 Å². The summed E-state index contributed by atoms with van der Waals surface area (Å²) in [4.78, 5) is 18.5. The van der Waals surface area contributed by atoms with Gasteiger partial charge in [0.25, 0.3) is 5.56 Å². The van der Waals surface area contributed by atoms with Crippen LogP contribution in [0.25, 0.3) is 27.4 Å². The normalized spacial score (nSPS) is 11.2. The summed E-state index contributed by atoms with van der Waals surface area (Å²) in [5.74, 6) is 1.26. The Balaban J connectivity index is 1.47. The molecule has 0 saturated carbocycles. The monoisotopic (exact) mass is 452 g/mol. The van der Waals surface area contributed by atoms with Crippen molar-refractivity contribution in [2.75, 3.05) is 0 Å². The molecule has 0 unspecified atom stereocenters. The van der Waals surface area contributed by atoms with Gasteiger partial charge in [-0.2, -0.15) is 0 Å². The minimum absolute atomic E-state index is 0.0951. The van der Waals surface area contributed by atoms with Crippen molar-refractivity contribution in [3.8, 4) is 17.1 Å². The van der Waals surface area contributed by atoms with E-state index in [1.807, 2.05) is 47.8 Å². The van der Waals surface area contributed by atoms with Gasteiger partial charge >= 0.3 is 0 Å². The molecule has 0 bridgehead atoms. The maximum Gasteiger partial charge on any atom is 0.267 e. The zero-order valence-corrected chi connectivity index (χ0v) is 17.7. The van der Waals surface area contributed by atoms with Gasteiger partial charge in [0.1, 0.15) is 4.83 Å². The molecule has 0 fully saturated rings. The van der Waals surface area contributed by atoms with Crippen LogP contribution in [0.2, 0.25) is 5.02 Å². The average molecular weight is 453 g/mol. The molecule has 5 aromatic rings. The van der Waals surface area contributed by atoms with Gasteiger partial charge in [-0.1, -0.05) is 41.6 Å². The van der Waals surface area contributed by atoms with Crippen LogP contribution in [-0.2, 0) is 5.75 Å². The molecule has 6 nitrogen and oxygen atoms in total. The zero-order valence-electron chi connectivity index (χ0n) is 15.4. The number of thioether (sulfide) groups is 1. The Morgan fingerprint density at radius 1 is 1.03 bits per heavy atom. The minimum atomic E-state index is -0.0951. The van der Waals surface area contributed by atoms with Crippen LogP contribution in [0.4, 0.5) is 0 Å². The molecular weight excluding hydrogens is 440 g/mol. The lowest BCUT2D eigenvalue weighted by molar-refractivity contribution is 0.528. The van der Waals surface area contributed by atoms with E-state index in [9.17, 15) is 4.79 Å². The molecule has 3 heterocycles. The number of fused-ring (bicyclic) bond motifs is 1. The fourth-order valence-corrected chi connectivity index (χ4v) is 4.72. The Morgan fingerprint density at radius 2 is 1.83 bits per heavy atom. The van der Waals surface area contributed by atoms with Crippen LogP contribution in [0.1, 0.15) is 5.89 Å². The maximum absolute atomic E-state index is 13.1. The first kappa shape index (κ1) is 19.0. The number of nitrogens with zero attached hydrogens (tertiary/aromatic N) is 4. The van der Waals surface area contributed by atoms with Crippen molar-refractivity contribution in [3.05, 3.63) is 87.3 Å². The SMILES string of the molecule is O=c1c2ccsc2nc(SCc2nnc(-c3ccc(Cl)cc3)o2)n1-c1ccccc1. The van der Waals surface area contributed by atoms with Crippen molar-refractivity contribution < 1.29 is 4.42 Å². The van der Waals surface area contributed by atoms with Gasteiger partial charge in [0.05, 0.1) is 16.8 Å². The van der Waals surface area contributed by atoms with Crippen molar-refractivity contribution in [1.82, 2.24) is 19.7 Å². The third-order valence-electron chi connectivity index (χ3n) is 4.36. The third kappa shape index (κ3) is 3.65. The highest BCUT2D eigenvalue weighted by Gasteiger charge is 2.16. The van der Waals surface area contributed by atoms with E-state index in [-0.39, 0.29) is 5.56 Å². The Morgan fingerprint density at radius 3 is 2.63 bits per heavy atom. The molecule has 0 amide bonds. The predicted molar refractivity (Wildman–Crippen MR) is 120 cm³/mol. The number of halogens is 1. The number of thiophene rings is 1. The lowest BCUT2D eigenvalue weighted by Crippen LogP contribution is -2.21. The van der Waals surface area contributed by atoms with Gasteiger partial charge in [0.15, 0.2) is 5.16 Å². The lowest BCUT2D eigenvalue weighted by atomic mass is 10.2. The van der Waals surface area contributed by atoms with Crippen molar-refractivity contribution in [2.45, 2.75) is 10.9 Å². The number of rotatable bonds is 5. The van der Waals surface area contributed by atoms with Gasteiger partial charge in [-0.05, 0) is 47.8 Å². The number of aromatic nitrogens is 4. The van der Waals surface area contributed by atoms with Crippen LogP contribution in [0.3, 0.4) is 0 Å². The van der Waals surface area contributed by atoms with Gasteiger partial charge in [-0.15, -0.1) is 21.5 Å². The average Bonchev–Trinajstić information content (AvgIpc) is 3.43. The van der Waals surface area contributed by atoms with Gasteiger partial charge in [-0.3, -0.25) is 9.36 Å². The second-order valence-corrected chi connectivity index (χ2v) is 8.58. The highest BCUT2D eigenvalue weighted by Crippen LogP contribution is 2.27. The summed E-state index contributed by atoms with van der Waals surface area (Å²) in [6.07, 6.45) is 0. The second-order valence-electron chi connectivity index (χ2n) is 6.31. The largest absolute Gasteiger partial charge is 0.420 e. The highest BCUT2D eigenvalue weighted by molar-refractivity contribution is 7.98. The Bertz CT molecular complexity index is 1380. The maximum atomic E-state index is 13.1. The van der Waals surface area contributed by atoms with Crippen LogP contribution >= 0.6 is 34.7 Å². The lowest BCUT2D eigenvalue weighted by Gasteiger charge is -2.11. The quantitative estimate of drug-likeness (QED) is 0.261. The van der Waals surface area contributed by atoms with Crippen LogP contribution in [-0.4, -0.2) is 19.7 Å². The van der Waals surface area contributed by atoms with E-state index in [1.54, 1.807) is 22.8 Å². The fraction of sp³-hybridized carbons (Fsp3) is 0.0476. The molecule has 9 heteroatoms. The summed E-state index contributed by atoms with van der Waals surface area (Å²) in [5, 5.41) is 11.9. The molecule has 0 atom stereocenters. The summed E-state index contributed by atoms with van der Waals surface area (Å²) in [6.45, 7) is 0. The summed E-state index contributed by atoms with van der Waals surface area (Å²) in [6, 6.07) is 18.5. The standard InChI is InChI=1S/C21H13ClN4O2S2/c22-14-8-6-13(7-9-14)18-25-24-17(28-18)12-30-21-23-19-16(10-11-29-19)20(27)26(21)15-4-2-1-3-5-15/h1-11H,12H2. The van der Waals surface area contributed by atoms with E-state index in [0.717, 1.165) is 11.3 Å². The van der Waals surface area contributed by atoms with Gasteiger partial charge in [0.2, 0.25) is 11.8 Å². The minimum Gasteiger partial charge on any atom is -0.420 e. The van der Waals surface area contributed by atoms with Crippen molar-refractivity contribution in [2.24, 2.45) is 0 Å². The molecule has 30 heavy (non-hydrogen) atoms. The van der Waals surface area contributed by atoms with Crippen molar-refractivity contribution in [3.63, 3.8) is 0 Å². The van der Waals surface area contributed by atoms with Crippen molar-refractivity contribution in [1.29, 1.82) is 0 Å². The molecule has 0 aliphatic heterocycles. The molecule has 0 aliphatic rings. The molecule has 2 aromatic carbocycles. The Hall–Kier alpha value is -2.94. The van der Waals surface area contributed by atoms with E-state index in [0.29, 0.717) is 37.9 Å². The summed E-state index contributed by atoms with van der Waals surface area (Å²) < 4.78 is 7.40. The first-order valence-electron chi connectivity index (χ1n) is 8.96. The fourth-order valence-electron chi connectivity index (χ4n) is 2.94. The van der Waals surface area contributed by atoms with Crippen molar-refractivity contribution >= 4 is 44.9 Å². The third-order valence-corrected chi connectivity index (χ3v) is 6.35. The van der Waals surface area contributed by atoms with Gasteiger partial charge in [-0.25, -0.2) is 4.98 Å². The first-order chi connectivity index (χ1) is 14.7. The molecule has 0 radical (unpaired) electrons. The van der Waals surface area contributed by atoms with Crippen LogP contribution < -0.4 is 5.56 Å². The predicted octanol–water partition coefficient (Wildman–Crippen LogP) is 5.44. The number of benzene rings is 2. The summed E-state index contributed by atoms with van der Waals surface area (Å²) >= 11 is 8.75. The summed E-state index contributed by atoms with van der Waals surface area (Å²) in [7, 11) is 0. The molecule has 0 saturated heterocycles. The molecule has 3 aromatic heterocycles. The topological polar surface area (TPSA) is 73.8 Å². The second kappa shape index (κ2) is 8.06. The first-order valence-corrected chi connectivity index (χ1v) is 11.2. The molecule has 5 rings (SSSR count). The van der Waals surface area contributed by atoms with E-state index < -0.39 is 0 Å². The van der Waals surface area contributed by atoms with Crippen LogP contribution in [0.5, 0.6) is 0 Å². The molecular formula is C21H13ClN4O2S2. The highest BCUT2D eigenvalue weighted by atomic mass is 35.5. The molecule has 0 spiro atoms. The van der Waals surface area contributed by atoms with E-state index in [2.05, 4.69) is 10.2 Å². The summed E-state index contributed by atoms with van der Waals surface area (Å²) in [5.41, 5.74) is 1.46. The Labute approximate surface area is 184 Å². The zero-order chi connectivity index (χ0) is 20.5. The number of hydrogen-bond acceptors (Lipinski definition) is 7. The van der Waals surface area contributed by atoms with E-state index in [1.165, 1.54) is 23.1 Å². The van der Waals surface area contributed by atoms with Gasteiger partial charge in [0, 0.05) is 10.6 Å². The number of para-hydroxylation sites is 1. The van der Waals surface area contributed by atoms with Crippen LogP contribution in [0.15, 0.2) is 80.4 Å². The van der Waals surface area contributed by atoms with E-state index in [4.69, 9.17) is 21.0 Å². The van der Waals surface area contributed by atoms with Crippen LogP contribution in [0, 0.1) is 0 Å². The molecule has 0 N–H and O–H groups in total.